The van der Waals surface area contributed by atoms with Crippen LogP contribution in [0.25, 0.3) is 32.7 Å². The molecule has 3 rings (SSSR count). The summed E-state index contributed by atoms with van der Waals surface area (Å²) in [7, 11) is 10.5. The Kier molecular flexibility index (Phi) is 20.9. The Bertz CT molecular complexity index is 1000. The number of para-hydroxylation sites is 2. The van der Waals surface area contributed by atoms with Crippen LogP contribution in [0.15, 0.2) is 48.8 Å². The van der Waals surface area contributed by atoms with Crippen LogP contribution in [-0.2, 0) is 21.7 Å². The molecule has 0 aliphatic heterocycles. The SMILES string of the molecule is CC(C)c1cccc(C(C)C)c1-n1ccn(-c2c(C(C)C)cccc2C(C)C)c1=[N-].C[N-]C.C[N-]C.C[N-]C.[Ti+4]. The van der Waals surface area contributed by atoms with Crippen molar-refractivity contribution >= 4 is 0 Å². The molecule has 0 radical (unpaired) electrons. The molecule has 2 aromatic carbocycles. The first kappa shape index (κ1) is 40.2. The fraction of sp³-hybridized carbons (Fsp3) is 0.545. The van der Waals surface area contributed by atoms with Gasteiger partial charge in [-0.05, 0) is 69.7 Å². The Morgan fingerprint density at radius 2 is 0.700 bits per heavy atom. The fourth-order valence-electron chi connectivity index (χ4n) is 4.31. The first-order valence-electron chi connectivity index (χ1n) is 13.9. The largest absolute Gasteiger partial charge is 4.00 e. The van der Waals surface area contributed by atoms with E-state index in [9.17, 15) is 5.41 Å². The molecule has 7 heteroatoms. The molecule has 0 saturated carbocycles. The van der Waals surface area contributed by atoms with E-state index < -0.39 is 0 Å². The van der Waals surface area contributed by atoms with Crippen molar-refractivity contribution in [1.82, 2.24) is 9.13 Å². The minimum absolute atomic E-state index is 0. The molecule has 0 aliphatic carbocycles. The third-order valence-electron chi connectivity index (χ3n) is 5.96. The topological polar surface area (TPSA) is 74.5 Å². The van der Waals surface area contributed by atoms with Gasteiger partial charge in [0.05, 0.1) is 0 Å². The fourth-order valence-corrected chi connectivity index (χ4v) is 4.31. The predicted molar refractivity (Wildman–Crippen MR) is 174 cm³/mol. The molecule has 0 atom stereocenters. The molecule has 40 heavy (non-hydrogen) atoms. The van der Waals surface area contributed by atoms with Gasteiger partial charge >= 0.3 is 21.7 Å². The second kappa shape index (κ2) is 20.9. The van der Waals surface area contributed by atoms with Crippen molar-refractivity contribution < 1.29 is 21.7 Å². The van der Waals surface area contributed by atoms with E-state index in [2.05, 4.69) is 108 Å². The van der Waals surface area contributed by atoms with Gasteiger partial charge in [0.1, 0.15) is 0 Å². The van der Waals surface area contributed by atoms with Crippen LogP contribution >= 0.6 is 0 Å². The van der Waals surface area contributed by atoms with Gasteiger partial charge in [-0.1, -0.05) is 91.8 Å². The first-order chi connectivity index (χ1) is 18.4. The first-order valence-corrected chi connectivity index (χ1v) is 13.9. The second-order valence-electron chi connectivity index (χ2n) is 10.9. The zero-order valence-corrected chi connectivity index (χ0v) is 29.2. The molecule has 0 amide bonds. The Labute approximate surface area is 260 Å². The molecule has 0 N–H and O–H groups in total. The van der Waals surface area contributed by atoms with Crippen molar-refractivity contribution in [3.05, 3.63) is 98.0 Å². The molecule has 0 saturated heterocycles. The summed E-state index contributed by atoms with van der Waals surface area (Å²) < 4.78 is 3.93. The molecule has 1 heterocycles. The summed E-state index contributed by atoms with van der Waals surface area (Å²) in [6, 6.07) is 13.0. The maximum atomic E-state index is 11.5. The van der Waals surface area contributed by atoms with Crippen LogP contribution in [-0.4, -0.2) is 51.4 Å². The summed E-state index contributed by atoms with van der Waals surface area (Å²) >= 11 is 0. The number of nitrogens with zero attached hydrogens (tertiary/aromatic N) is 6. The van der Waals surface area contributed by atoms with Crippen molar-refractivity contribution in [2.45, 2.75) is 79.1 Å². The Balaban J connectivity index is 0. The average Bonchev–Trinajstić information content (AvgIpc) is 3.24. The van der Waals surface area contributed by atoms with Crippen LogP contribution in [0.2, 0.25) is 0 Å². The van der Waals surface area contributed by atoms with Crippen LogP contribution in [0.1, 0.15) is 101 Å². The molecule has 0 bridgehead atoms. The zero-order valence-electron chi connectivity index (χ0n) is 27.6. The number of imidazole rings is 1. The van der Waals surface area contributed by atoms with E-state index in [1.165, 1.54) is 22.3 Å². The molecular formula is C33H54N6Ti. The van der Waals surface area contributed by atoms with Crippen molar-refractivity contribution in [2.24, 2.45) is 0 Å². The zero-order chi connectivity index (χ0) is 30.3. The molecule has 0 aliphatic rings. The Hall–Kier alpha value is -1.96. The Morgan fingerprint density at radius 3 is 0.875 bits per heavy atom. The van der Waals surface area contributed by atoms with Crippen molar-refractivity contribution in [3.8, 4) is 11.4 Å². The van der Waals surface area contributed by atoms with Gasteiger partial charge in [0.2, 0.25) is 0 Å². The number of aromatic nitrogens is 2. The van der Waals surface area contributed by atoms with Crippen LogP contribution in [0, 0.1) is 0 Å². The van der Waals surface area contributed by atoms with Crippen molar-refractivity contribution in [2.75, 3.05) is 42.3 Å². The van der Waals surface area contributed by atoms with Crippen LogP contribution < -0.4 is 5.62 Å². The van der Waals surface area contributed by atoms with E-state index in [4.69, 9.17) is 0 Å². The van der Waals surface area contributed by atoms with Crippen LogP contribution in [0.3, 0.4) is 0 Å². The summed E-state index contributed by atoms with van der Waals surface area (Å²) in [4.78, 5) is 0. The maximum Gasteiger partial charge on any atom is 4.00 e. The van der Waals surface area contributed by atoms with E-state index in [-0.39, 0.29) is 27.3 Å². The standard InChI is InChI=1S/C27H36N3.3C2H6N.Ti/c1-17(2)21-11-9-12-22(18(3)4)25(21)29-15-16-30(27(29)28)26-23(19(5)6)13-10-14-24(26)20(7)8;3*1-3-2;/h9-20H,1-8H3;3*1-2H3;/q4*-1;+4. The quantitative estimate of drug-likeness (QED) is 0.260. The molecule has 0 fully saturated rings. The second-order valence-corrected chi connectivity index (χ2v) is 10.9. The van der Waals surface area contributed by atoms with Crippen LogP contribution in [0.4, 0.5) is 0 Å². The Morgan fingerprint density at radius 1 is 0.500 bits per heavy atom. The summed E-state index contributed by atoms with van der Waals surface area (Å²) in [5.41, 5.74) is 7.46. The maximum absolute atomic E-state index is 11.5. The van der Waals surface area contributed by atoms with E-state index in [1.807, 2.05) is 21.5 Å². The summed E-state index contributed by atoms with van der Waals surface area (Å²) in [5, 5.41) is 22.0. The molecule has 3 aromatic rings. The normalized spacial score (nSPS) is 10.3. The molecule has 1 aromatic heterocycles. The number of benzene rings is 2. The number of rotatable bonds is 6. The van der Waals surface area contributed by atoms with Gasteiger partial charge in [0.25, 0.3) is 0 Å². The predicted octanol–water partition coefficient (Wildman–Crippen LogP) is 9.09. The van der Waals surface area contributed by atoms with Crippen molar-refractivity contribution in [1.29, 1.82) is 0 Å². The molecule has 0 spiro atoms. The van der Waals surface area contributed by atoms with E-state index in [1.54, 1.807) is 42.3 Å². The van der Waals surface area contributed by atoms with Gasteiger partial charge < -0.3 is 30.5 Å². The van der Waals surface area contributed by atoms with Crippen molar-refractivity contribution in [3.63, 3.8) is 0 Å². The monoisotopic (exact) mass is 582 g/mol. The van der Waals surface area contributed by atoms with Gasteiger partial charge in [-0.3, -0.25) is 0 Å². The number of hydrogen-bond donors (Lipinski definition) is 0. The third-order valence-corrected chi connectivity index (χ3v) is 5.96. The summed E-state index contributed by atoms with van der Waals surface area (Å²) in [6.07, 6.45) is 4.01. The molecule has 0 unspecified atom stereocenters. The number of hydrogen-bond acceptors (Lipinski definition) is 0. The smallest absolute Gasteiger partial charge is 0.668 e. The summed E-state index contributed by atoms with van der Waals surface area (Å²) in [6.45, 7) is 17.7. The third kappa shape index (κ3) is 11.1. The minimum Gasteiger partial charge on any atom is -0.668 e. The molecular weight excluding hydrogens is 528 g/mol. The van der Waals surface area contributed by atoms with Gasteiger partial charge in [-0.25, -0.2) is 0 Å². The minimum atomic E-state index is 0. The average molecular weight is 583 g/mol. The summed E-state index contributed by atoms with van der Waals surface area (Å²) in [5.74, 6) is 1.46. The van der Waals surface area contributed by atoms with Crippen LogP contribution in [0.5, 0.6) is 0 Å². The van der Waals surface area contributed by atoms with E-state index in [0.29, 0.717) is 23.7 Å². The van der Waals surface area contributed by atoms with E-state index >= 15 is 0 Å². The van der Waals surface area contributed by atoms with E-state index in [0.717, 1.165) is 11.4 Å². The van der Waals surface area contributed by atoms with Gasteiger partial charge in [0.15, 0.2) is 0 Å². The van der Waals surface area contributed by atoms with Gasteiger partial charge in [-0.2, -0.15) is 42.3 Å². The molecule has 220 valence electrons. The molecule has 6 nitrogen and oxygen atoms in total. The van der Waals surface area contributed by atoms with Gasteiger partial charge in [0, 0.05) is 5.62 Å². The van der Waals surface area contributed by atoms with Gasteiger partial charge in [-0.15, -0.1) is 0 Å².